The summed E-state index contributed by atoms with van der Waals surface area (Å²) in [6.45, 7) is 6.50. The van der Waals surface area contributed by atoms with Crippen LogP contribution in [0.2, 0.25) is 0 Å². The van der Waals surface area contributed by atoms with E-state index in [0.29, 0.717) is 18.8 Å². The maximum Gasteiger partial charge on any atom is 0.234 e. The first-order valence-electron chi connectivity index (χ1n) is 5.80. The lowest BCUT2D eigenvalue weighted by Crippen LogP contribution is -2.18. The third-order valence-corrected chi connectivity index (χ3v) is 3.75. The van der Waals surface area contributed by atoms with Crippen LogP contribution in [0.15, 0.2) is 6.07 Å². The SMILES string of the molecule is COCCCS(=O)(=O)Nc1cc(C(C)(C)C)[nH]n1. The normalized spacial score (nSPS) is 12.7. The summed E-state index contributed by atoms with van der Waals surface area (Å²) >= 11 is 0. The van der Waals surface area contributed by atoms with Gasteiger partial charge >= 0.3 is 0 Å². The van der Waals surface area contributed by atoms with Gasteiger partial charge in [0.25, 0.3) is 0 Å². The lowest BCUT2D eigenvalue weighted by atomic mass is 9.92. The van der Waals surface area contributed by atoms with Crippen LogP contribution in [0.5, 0.6) is 0 Å². The van der Waals surface area contributed by atoms with Crippen molar-refractivity contribution in [1.82, 2.24) is 10.2 Å². The van der Waals surface area contributed by atoms with Gasteiger partial charge in [0.15, 0.2) is 5.82 Å². The molecule has 0 unspecified atom stereocenters. The summed E-state index contributed by atoms with van der Waals surface area (Å²) in [4.78, 5) is 0. The second kappa shape index (κ2) is 5.71. The summed E-state index contributed by atoms with van der Waals surface area (Å²) in [5, 5.41) is 6.78. The first-order chi connectivity index (χ1) is 8.24. The summed E-state index contributed by atoms with van der Waals surface area (Å²) in [7, 11) is -1.81. The van der Waals surface area contributed by atoms with E-state index in [2.05, 4.69) is 14.9 Å². The van der Waals surface area contributed by atoms with Crippen LogP contribution in [-0.2, 0) is 20.2 Å². The van der Waals surface area contributed by atoms with E-state index in [4.69, 9.17) is 4.74 Å². The summed E-state index contributed by atoms with van der Waals surface area (Å²) in [5.41, 5.74) is 0.796. The highest BCUT2D eigenvalue weighted by Gasteiger charge is 2.18. The molecule has 104 valence electrons. The average molecular weight is 275 g/mol. The smallest absolute Gasteiger partial charge is 0.234 e. The van der Waals surface area contributed by atoms with E-state index in [1.54, 1.807) is 13.2 Å². The second-order valence-electron chi connectivity index (χ2n) is 5.18. The molecular weight excluding hydrogens is 254 g/mol. The molecule has 7 heteroatoms. The molecule has 0 radical (unpaired) electrons. The predicted octanol–water partition coefficient (Wildman–Crippen LogP) is 1.49. The average Bonchev–Trinajstić information content (AvgIpc) is 2.65. The number of methoxy groups -OCH3 is 1. The summed E-state index contributed by atoms with van der Waals surface area (Å²) in [5.74, 6) is 0.357. The lowest BCUT2D eigenvalue weighted by molar-refractivity contribution is 0.199. The molecule has 1 rings (SSSR count). The summed E-state index contributed by atoms with van der Waals surface area (Å²) < 4.78 is 30.7. The van der Waals surface area contributed by atoms with Gasteiger partial charge in [0, 0.05) is 30.9 Å². The fourth-order valence-electron chi connectivity index (χ4n) is 1.36. The van der Waals surface area contributed by atoms with Crippen LogP contribution < -0.4 is 4.72 Å². The fourth-order valence-corrected chi connectivity index (χ4v) is 2.39. The van der Waals surface area contributed by atoms with E-state index in [1.165, 1.54) is 0 Å². The zero-order valence-electron chi connectivity index (χ0n) is 11.3. The Balaban J connectivity index is 2.64. The molecular formula is C11H21N3O3S. The highest BCUT2D eigenvalue weighted by Crippen LogP contribution is 2.22. The van der Waals surface area contributed by atoms with Gasteiger partial charge in [-0.2, -0.15) is 5.10 Å². The van der Waals surface area contributed by atoms with Crippen molar-refractivity contribution in [3.63, 3.8) is 0 Å². The minimum Gasteiger partial charge on any atom is -0.385 e. The van der Waals surface area contributed by atoms with E-state index < -0.39 is 10.0 Å². The Kier molecular flexibility index (Phi) is 4.75. The van der Waals surface area contributed by atoms with Crippen LogP contribution >= 0.6 is 0 Å². The van der Waals surface area contributed by atoms with Crippen molar-refractivity contribution in [3.8, 4) is 0 Å². The molecule has 1 heterocycles. The standard InChI is InChI=1S/C11H21N3O3S/c1-11(2,3)9-8-10(13-12-9)14-18(15,16)7-5-6-17-4/h8H,5-7H2,1-4H3,(H2,12,13,14). The highest BCUT2D eigenvalue weighted by atomic mass is 32.2. The van der Waals surface area contributed by atoms with E-state index >= 15 is 0 Å². The number of aromatic nitrogens is 2. The van der Waals surface area contributed by atoms with Gasteiger partial charge in [-0.25, -0.2) is 8.42 Å². The van der Waals surface area contributed by atoms with E-state index in [1.807, 2.05) is 20.8 Å². The third kappa shape index (κ3) is 4.66. The van der Waals surface area contributed by atoms with Crippen molar-refractivity contribution < 1.29 is 13.2 Å². The minimum absolute atomic E-state index is 0.0263. The minimum atomic E-state index is -3.35. The lowest BCUT2D eigenvalue weighted by Gasteiger charge is -2.14. The molecule has 0 aliphatic carbocycles. The van der Waals surface area contributed by atoms with Gasteiger partial charge in [0.1, 0.15) is 0 Å². The Bertz CT molecular complexity index is 474. The number of nitrogens with one attached hydrogen (secondary N) is 2. The Morgan fingerprint density at radius 3 is 2.61 bits per heavy atom. The van der Waals surface area contributed by atoms with Crippen molar-refractivity contribution in [2.45, 2.75) is 32.6 Å². The van der Waals surface area contributed by atoms with Crippen LogP contribution in [-0.4, -0.2) is 38.1 Å². The van der Waals surface area contributed by atoms with E-state index in [0.717, 1.165) is 5.69 Å². The number of H-pyrrole nitrogens is 1. The first kappa shape index (κ1) is 15.0. The van der Waals surface area contributed by atoms with Crippen LogP contribution in [0, 0.1) is 0 Å². The predicted molar refractivity (Wildman–Crippen MR) is 71.2 cm³/mol. The molecule has 0 fully saturated rings. The van der Waals surface area contributed by atoms with Crippen molar-refractivity contribution in [3.05, 3.63) is 11.8 Å². The van der Waals surface area contributed by atoms with Crippen molar-refractivity contribution in [2.75, 3.05) is 24.2 Å². The number of rotatable bonds is 6. The molecule has 0 spiro atoms. The van der Waals surface area contributed by atoms with Crippen molar-refractivity contribution >= 4 is 15.8 Å². The van der Waals surface area contributed by atoms with Gasteiger partial charge in [-0.3, -0.25) is 9.82 Å². The number of hydrogen-bond donors (Lipinski definition) is 2. The molecule has 0 aliphatic heterocycles. The maximum atomic E-state index is 11.7. The highest BCUT2D eigenvalue weighted by molar-refractivity contribution is 7.92. The Morgan fingerprint density at radius 1 is 1.44 bits per heavy atom. The molecule has 0 atom stereocenters. The quantitative estimate of drug-likeness (QED) is 0.770. The fraction of sp³-hybridized carbons (Fsp3) is 0.727. The molecule has 0 aliphatic rings. The van der Waals surface area contributed by atoms with Gasteiger partial charge in [-0.05, 0) is 6.42 Å². The number of nitrogens with zero attached hydrogens (tertiary/aromatic N) is 1. The Hall–Kier alpha value is -1.08. The molecule has 18 heavy (non-hydrogen) atoms. The maximum absolute atomic E-state index is 11.7. The van der Waals surface area contributed by atoms with Gasteiger partial charge in [0.2, 0.25) is 10.0 Å². The Labute approximate surface area is 108 Å². The first-order valence-corrected chi connectivity index (χ1v) is 7.45. The van der Waals surface area contributed by atoms with Crippen molar-refractivity contribution in [2.24, 2.45) is 0 Å². The molecule has 0 bridgehead atoms. The van der Waals surface area contributed by atoms with Gasteiger partial charge < -0.3 is 4.74 Å². The van der Waals surface area contributed by atoms with Crippen LogP contribution in [0.3, 0.4) is 0 Å². The summed E-state index contributed by atoms with van der Waals surface area (Å²) in [6.07, 6.45) is 0.461. The zero-order valence-corrected chi connectivity index (χ0v) is 12.1. The largest absolute Gasteiger partial charge is 0.385 e. The van der Waals surface area contributed by atoms with Crippen molar-refractivity contribution in [1.29, 1.82) is 0 Å². The van der Waals surface area contributed by atoms with Gasteiger partial charge in [-0.1, -0.05) is 20.8 Å². The van der Waals surface area contributed by atoms with Crippen LogP contribution in [0.4, 0.5) is 5.82 Å². The van der Waals surface area contributed by atoms with Gasteiger partial charge in [-0.15, -0.1) is 0 Å². The molecule has 1 aromatic heterocycles. The van der Waals surface area contributed by atoms with E-state index in [9.17, 15) is 8.42 Å². The molecule has 1 aromatic rings. The molecule has 0 amide bonds. The molecule has 0 saturated carbocycles. The third-order valence-electron chi connectivity index (χ3n) is 2.41. The number of sulfonamides is 1. The second-order valence-corrected chi connectivity index (χ2v) is 7.03. The monoisotopic (exact) mass is 275 g/mol. The molecule has 0 saturated heterocycles. The number of aromatic amines is 1. The molecule has 6 nitrogen and oxygen atoms in total. The number of hydrogen-bond acceptors (Lipinski definition) is 4. The number of ether oxygens (including phenoxy) is 1. The molecule has 0 aromatic carbocycles. The van der Waals surface area contributed by atoms with Crippen LogP contribution in [0.25, 0.3) is 0 Å². The van der Waals surface area contributed by atoms with Gasteiger partial charge in [0.05, 0.1) is 5.75 Å². The summed E-state index contributed by atoms with van der Waals surface area (Å²) in [6, 6.07) is 1.72. The number of anilines is 1. The zero-order chi connectivity index (χ0) is 13.8. The Morgan fingerprint density at radius 2 is 2.11 bits per heavy atom. The van der Waals surface area contributed by atoms with Crippen LogP contribution in [0.1, 0.15) is 32.9 Å². The van der Waals surface area contributed by atoms with E-state index in [-0.39, 0.29) is 11.2 Å². The molecule has 2 N–H and O–H groups in total. The topological polar surface area (TPSA) is 84.1 Å².